The van der Waals surface area contributed by atoms with E-state index in [1.807, 2.05) is 17.0 Å². The van der Waals surface area contributed by atoms with Crippen LogP contribution in [-0.4, -0.2) is 44.6 Å². The maximum atomic E-state index is 13.1. The highest BCUT2D eigenvalue weighted by Gasteiger charge is 2.25. The van der Waals surface area contributed by atoms with Crippen molar-refractivity contribution in [3.05, 3.63) is 65.9 Å². The van der Waals surface area contributed by atoms with E-state index in [4.69, 9.17) is 5.73 Å². The first-order valence-electron chi connectivity index (χ1n) is 10.8. The summed E-state index contributed by atoms with van der Waals surface area (Å²) >= 11 is 0. The first kappa shape index (κ1) is 22.1. The Hall–Kier alpha value is -3.13. The van der Waals surface area contributed by atoms with Gasteiger partial charge in [0.05, 0.1) is 11.1 Å². The van der Waals surface area contributed by atoms with Gasteiger partial charge >= 0.3 is 0 Å². The third-order valence-corrected chi connectivity index (χ3v) is 7.66. The van der Waals surface area contributed by atoms with E-state index in [0.29, 0.717) is 11.9 Å². The fourth-order valence-corrected chi connectivity index (χ4v) is 5.07. The highest BCUT2D eigenvalue weighted by Crippen LogP contribution is 2.27. The molecule has 0 unspecified atom stereocenters. The molecule has 0 atom stereocenters. The van der Waals surface area contributed by atoms with E-state index in [1.165, 1.54) is 17.4 Å². The standard InChI is InChI=1S/C24H29N5O2S/c1-17(2)19-6-10-21(11-7-19)32(30,31)22-16-26-24(27-23(22)25)29-14-12-28(13-15-29)20-8-4-18(3)5-9-20/h4-11,16-17H,12-15H2,1-3H3,(H2,25,26,27). The van der Waals surface area contributed by atoms with Crippen molar-refractivity contribution in [3.8, 4) is 0 Å². The average Bonchev–Trinajstić information content (AvgIpc) is 2.79. The molecule has 8 heteroatoms. The molecule has 7 nitrogen and oxygen atoms in total. The SMILES string of the molecule is Cc1ccc(N2CCN(c3ncc(S(=O)(=O)c4ccc(C(C)C)cc4)c(N)n3)CC2)cc1. The number of hydrogen-bond donors (Lipinski definition) is 1. The van der Waals surface area contributed by atoms with E-state index in [9.17, 15) is 8.42 Å². The molecule has 0 radical (unpaired) electrons. The van der Waals surface area contributed by atoms with Crippen molar-refractivity contribution in [3.63, 3.8) is 0 Å². The Bertz CT molecular complexity index is 1180. The number of hydrogen-bond acceptors (Lipinski definition) is 7. The van der Waals surface area contributed by atoms with Gasteiger partial charge in [-0.25, -0.2) is 13.4 Å². The molecule has 32 heavy (non-hydrogen) atoms. The molecule has 0 spiro atoms. The Morgan fingerprint density at radius 2 is 1.50 bits per heavy atom. The lowest BCUT2D eigenvalue weighted by Crippen LogP contribution is -2.47. The number of benzene rings is 2. The molecule has 2 N–H and O–H groups in total. The zero-order valence-electron chi connectivity index (χ0n) is 18.7. The number of aromatic nitrogens is 2. The molecule has 1 aliphatic heterocycles. The van der Waals surface area contributed by atoms with Crippen LogP contribution < -0.4 is 15.5 Å². The third kappa shape index (κ3) is 4.41. The second-order valence-corrected chi connectivity index (χ2v) is 10.4. The number of nitrogens with two attached hydrogens (primary N) is 1. The lowest BCUT2D eigenvalue weighted by molar-refractivity contribution is 0.595. The van der Waals surface area contributed by atoms with Gasteiger partial charge in [0.15, 0.2) is 0 Å². The van der Waals surface area contributed by atoms with Crippen LogP contribution in [0.1, 0.15) is 30.9 Å². The van der Waals surface area contributed by atoms with Crippen LogP contribution in [0.5, 0.6) is 0 Å². The second-order valence-electron chi connectivity index (χ2n) is 8.46. The number of aryl methyl sites for hydroxylation is 1. The normalized spacial score (nSPS) is 14.8. The van der Waals surface area contributed by atoms with Crippen LogP contribution in [0, 0.1) is 6.92 Å². The Morgan fingerprint density at radius 1 is 0.906 bits per heavy atom. The summed E-state index contributed by atoms with van der Waals surface area (Å²) in [5, 5.41) is 0. The minimum absolute atomic E-state index is 0.0242. The minimum atomic E-state index is -3.78. The molecule has 1 aromatic heterocycles. The summed E-state index contributed by atoms with van der Waals surface area (Å²) in [6.07, 6.45) is 1.33. The molecule has 0 aliphatic carbocycles. The van der Waals surface area contributed by atoms with Crippen LogP contribution in [-0.2, 0) is 9.84 Å². The summed E-state index contributed by atoms with van der Waals surface area (Å²) in [4.78, 5) is 13.2. The quantitative estimate of drug-likeness (QED) is 0.633. The van der Waals surface area contributed by atoms with Crippen LogP contribution in [0.3, 0.4) is 0 Å². The molecule has 168 valence electrons. The summed E-state index contributed by atoms with van der Waals surface area (Å²) in [6, 6.07) is 15.4. The third-order valence-electron chi connectivity index (χ3n) is 5.88. The fourth-order valence-electron chi connectivity index (χ4n) is 3.81. The fraction of sp³-hybridized carbons (Fsp3) is 0.333. The van der Waals surface area contributed by atoms with Crippen molar-refractivity contribution >= 4 is 27.3 Å². The zero-order chi connectivity index (χ0) is 22.9. The molecule has 1 saturated heterocycles. The highest BCUT2D eigenvalue weighted by atomic mass is 32.2. The Labute approximate surface area is 189 Å². The maximum Gasteiger partial charge on any atom is 0.227 e. The molecule has 4 rings (SSSR count). The lowest BCUT2D eigenvalue weighted by atomic mass is 10.0. The number of nitrogens with zero attached hydrogens (tertiary/aromatic N) is 4. The van der Waals surface area contributed by atoms with Crippen LogP contribution >= 0.6 is 0 Å². The van der Waals surface area contributed by atoms with Crippen molar-refractivity contribution in [1.29, 1.82) is 0 Å². The Balaban J connectivity index is 1.49. The number of nitrogen functional groups attached to an aromatic ring is 1. The van der Waals surface area contributed by atoms with Gasteiger partial charge in [0.2, 0.25) is 15.8 Å². The average molecular weight is 452 g/mol. The summed E-state index contributed by atoms with van der Waals surface area (Å²) in [5.74, 6) is 0.759. The van der Waals surface area contributed by atoms with E-state index < -0.39 is 9.84 Å². The van der Waals surface area contributed by atoms with Crippen molar-refractivity contribution in [1.82, 2.24) is 9.97 Å². The topological polar surface area (TPSA) is 92.4 Å². The first-order chi connectivity index (χ1) is 15.3. The van der Waals surface area contributed by atoms with E-state index >= 15 is 0 Å². The number of piperazine rings is 1. The van der Waals surface area contributed by atoms with Crippen molar-refractivity contribution < 1.29 is 8.42 Å². The maximum absolute atomic E-state index is 13.1. The molecule has 2 aromatic carbocycles. The minimum Gasteiger partial charge on any atom is -0.382 e. The number of anilines is 3. The van der Waals surface area contributed by atoms with Gasteiger partial charge in [-0.15, -0.1) is 0 Å². The Kier molecular flexibility index (Phi) is 6.06. The Morgan fingerprint density at radius 3 is 2.06 bits per heavy atom. The van der Waals surface area contributed by atoms with Crippen LogP contribution in [0.25, 0.3) is 0 Å². The van der Waals surface area contributed by atoms with Crippen LogP contribution in [0.4, 0.5) is 17.5 Å². The van der Waals surface area contributed by atoms with E-state index in [-0.39, 0.29) is 15.6 Å². The van der Waals surface area contributed by atoms with E-state index in [1.54, 1.807) is 12.1 Å². The summed E-state index contributed by atoms with van der Waals surface area (Å²) < 4.78 is 26.1. The lowest BCUT2D eigenvalue weighted by Gasteiger charge is -2.36. The van der Waals surface area contributed by atoms with Gasteiger partial charge in [0.25, 0.3) is 0 Å². The van der Waals surface area contributed by atoms with Gasteiger partial charge in [-0.2, -0.15) is 4.98 Å². The smallest absolute Gasteiger partial charge is 0.227 e. The van der Waals surface area contributed by atoms with Crippen LogP contribution in [0.15, 0.2) is 64.5 Å². The molecule has 0 saturated carbocycles. The second kappa shape index (κ2) is 8.78. The van der Waals surface area contributed by atoms with Gasteiger partial charge in [0.1, 0.15) is 10.7 Å². The van der Waals surface area contributed by atoms with Crippen LogP contribution in [0.2, 0.25) is 0 Å². The van der Waals surface area contributed by atoms with Gasteiger partial charge in [0, 0.05) is 31.9 Å². The van der Waals surface area contributed by atoms with Crippen molar-refractivity contribution in [2.75, 3.05) is 41.7 Å². The number of sulfone groups is 1. The van der Waals surface area contributed by atoms with E-state index in [0.717, 1.165) is 31.7 Å². The molecular formula is C24H29N5O2S. The van der Waals surface area contributed by atoms with Crippen molar-refractivity contribution in [2.45, 2.75) is 36.5 Å². The van der Waals surface area contributed by atoms with Gasteiger partial charge in [-0.1, -0.05) is 43.7 Å². The molecule has 2 heterocycles. The summed E-state index contributed by atoms with van der Waals surface area (Å²) in [7, 11) is -3.78. The molecule has 0 amide bonds. The molecular weight excluding hydrogens is 422 g/mol. The summed E-state index contributed by atoms with van der Waals surface area (Å²) in [6.45, 7) is 9.33. The summed E-state index contributed by atoms with van der Waals surface area (Å²) in [5.41, 5.74) is 9.61. The van der Waals surface area contributed by atoms with Gasteiger partial charge in [-0.05, 0) is 42.7 Å². The van der Waals surface area contributed by atoms with Gasteiger partial charge < -0.3 is 15.5 Å². The molecule has 1 aliphatic rings. The van der Waals surface area contributed by atoms with Gasteiger partial charge in [-0.3, -0.25) is 0 Å². The largest absolute Gasteiger partial charge is 0.382 e. The predicted molar refractivity (Wildman–Crippen MR) is 128 cm³/mol. The zero-order valence-corrected chi connectivity index (χ0v) is 19.5. The first-order valence-corrected chi connectivity index (χ1v) is 12.3. The molecule has 0 bridgehead atoms. The highest BCUT2D eigenvalue weighted by molar-refractivity contribution is 7.91. The van der Waals surface area contributed by atoms with Crippen molar-refractivity contribution in [2.24, 2.45) is 0 Å². The van der Waals surface area contributed by atoms with E-state index in [2.05, 4.69) is 59.9 Å². The number of rotatable bonds is 5. The monoisotopic (exact) mass is 451 g/mol. The molecule has 3 aromatic rings. The molecule has 1 fully saturated rings. The predicted octanol–water partition coefficient (Wildman–Crippen LogP) is 3.65.